The molecule has 0 aliphatic rings. The van der Waals surface area contributed by atoms with Crippen molar-refractivity contribution in [3.63, 3.8) is 0 Å². The molecule has 2 heterocycles. The fraction of sp³-hybridized carbons (Fsp3) is 0.118. The van der Waals surface area contributed by atoms with Crippen LogP contribution in [0.1, 0.15) is 18.5 Å². The number of pyridine rings is 1. The molecule has 104 valence electrons. The van der Waals surface area contributed by atoms with Crippen molar-refractivity contribution >= 4 is 5.95 Å². The quantitative estimate of drug-likeness (QED) is 0.789. The first kappa shape index (κ1) is 13.2. The summed E-state index contributed by atoms with van der Waals surface area (Å²) in [5, 5.41) is 3.33. The Labute approximate surface area is 123 Å². The average molecular weight is 276 g/mol. The smallest absolute Gasteiger partial charge is 0.223 e. The average Bonchev–Trinajstić information content (AvgIpc) is 2.57. The van der Waals surface area contributed by atoms with Crippen molar-refractivity contribution in [1.82, 2.24) is 15.0 Å². The monoisotopic (exact) mass is 276 g/mol. The van der Waals surface area contributed by atoms with Crippen LogP contribution >= 0.6 is 0 Å². The van der Waals surface area contributed by atoms with E-state index in [1.165, 1.54) is 5.56 Å². The van der Waals surface area contributed by atoms with Crippen LogP contribution in [-0.4, -0.2) is 15.0 Å². The highest BCUT2D eigenvalue weighted by Crippen LogP contribution is 2.19. The van der Waals surface area contributed by atoms with Crippen molar-refractivity contribution in [2.24, 2.45) is 0 Å². The second-order valence-electron chi connectivity index (χ2n) is 4.78. The Hall–Kier alpha value is -2.75. The van der Waals surface area contributed by atoms with Crippen LogP contribution in [0, 0.1) is 0 Å². The number of hydrogen-bond acceptors (Lipinski definition) is 4. The molecule has 0 saturated heterocycles. The molecule has 1 aromatic carbocycles. The van der Waals surface area contributed by atoms with E-state index >= 15 is 0 Å². The Kier molecular flexibility index (Phi) is 3.87. The first-order chi connectivity index (χ1) is 10.3. The topological polar surface area (TPSA) is 50.7 Å². The molecular formula is C17H16N4. The van der Waals surface area contributed by atoms with Gasteiger partial charge in [-0.05, 0) is 30.7 Å². The van der Waals surface area contributed by atoms with Gasteiger partial charge >= 0.3 is 0 Å². The summed E-state index contributed by atoms with van der Waals surface area (Å²) < 4.78 is 0. The van der Waals surface area contributed by atoms with Gasteiger partial charge in [0.15, 0.2) is 0 Å². The van der Waals surface area contributed by atoms with Gasteiger partial charge in [-0.25, -0.2) is 9.97 Å². The normalized spacial score (nSPS) is 11.9. The highest BCUT2D eigenvalue weighted by atomic mass is 15.1. The van der Waals surface area contributed by atoms with Crippen LogP contribution in [0.2, 0.25) is 0 Å². The molecule has 0 aliphatic carbocycles. The van der Waals surface area contributed by atoms with Crippen molar-refractivity contribution in [3.05, 3.63) is 72.7 Å². The first-order valence-electron chi connectivity index (χ1n) is 6.88. The summed E-state index contributed by atoms with van der Waals surface area (Å²) in [6, 6.07) is 16.2. The van der Waals surface area contributed by atoms with Gasteiger partial charge in [0.2, 0.25) is 5.95 Å². The van der Waals surface area contributed by atoms with Crippen molar-refractivity contribution in [2.45, 2.75) is 13.0 Å². The molecule has 4 nitrogen and oxygen atoms in total. The van der Waals surface area contributed by atoms with E-state index < -0.39 is 0 Å². The zero-order chi connectivity index (χ0) is 14.5. The predicted molar refractivity (Wildman–Crippen MR) is 83.7 cm³/mol. The molecule has 0 amide bonds. The Bertz CT molecular complexity index is 698. The van der Waals surface area contributed by atoms with Crippen LogP contribution in [0.3, 0.4) is 0 Å². The highest BCUT2D eigenvalue weighted by Gasteiger charge is 2.07. The van der Waals surface area contributed by atoms with Gasteiger partial charge in [-0.3, -0.25) is 4.98 Å². The summed E-state index contributed by atoms with van der Waals surface area (Å²) in [5.74, 6) is 0.626. The van der Waals surface area contributed by atoms with Gasteiger partial charge in [-0.1, -0.05) is 30.3 Å². The van der Waals surface area contributed by atoms with Gasteiger partial charge < -0.3 is 5.32 Å². The van der Waals surface area contributed by atoms with E-state index in [4.69, 9.17) is 0 Å². The lowest BCUT2D eigenvalue weighted by atomic mass is 10.1. The molecule has 1 atom stereocenters. The Balaban J connectivity index is 1.81. The maximum absolute atomic E-state index is 4.56. The molecule has 0 spiro atoms. The molecule has 0 radical (unpaired) electrons. The third-order valence-electron chi connectivity index (χ3n) is 3.28. The number of rotatable bonds is 4. The van der Waals surface area contributed by atoms with Crippen molar-refractivity contribution in [1.29, 1.82) is 0 Å². The second kappa shape index (κ2) is 6.13. The number of nitrogens with zero attached hydrogens (tertiary/aromatic N) is 3. The Morgan fingerprint density at radius 2 is 1.67 bits per heavy atom. The fourth-order valence-electron chi connectivity index (χ4n) is 2.13. The molecule has 0 saturated carbocycles. The van der Waals surface area contributed by atoms with Gasteiger partial charge in [0.1, 0.15) is 0 Å². The number of anilines is 1. The number of nitrogens with one attached hydrogen (secondary N) is 1. The van der Waals surface area contributed by atoms with Crippen LogP contribution in [-0.2, 0) is 0 Å². The van der Waals surface area contributed by atoms with Gasteiger partial charge in [0.25, 0.3) is 0 Å². The van der Waals surface area contributed by atoms with Gasteiger partial charge in [-0.15, -0.1) is 0 Å². The standard InChI is InChI=1S/C17H16N4/c1-13(14-5-3-2-4-6-14)20-17-19-12-9-16(21-17)15-7-10-18-11-8-15/h2-13H,1H3,(H,19,20,21). The minimum absolute atomic E-state index is 0.152. The molecule has 1 N–H and O–H groups in total. The summed E-state index contributed by atoms with van der Waals surface area (Å²) >= 11 is 0. The molecule has 2 aromatic heterocycles. The van der Waals surface area contributed by atoms with E-state index in [1.54, 1.807) is 18.6 Å². The number of benzene rings is 1. The third kappa shape index (κ3) is 3.23. The second-order valence-corrected chi connectivity index (χ2v) is 4.78. The van der Waals surface area contributed by atoms with Gasteiger partial charge in [-0.2, -0.15) is 0 Å². The summed E-state index contributed by atoms with van der Waals surface area (Å²) in [5.41, 5.74) is 3.12. The van der Waals surface area contributed by atoms with Crippen LogP contribution in [0.25, 0.3) is 11.3 Å². The SMILES string of the molecule is CC(Nc1nccc(-c2ccncc2)n1)c1ccccc1. The highest BCUT2D eigenvalue weighted by molar-refractivity contribution is 5.59. The van der Waals surface area contributed by atoms with E-state index in [0.29, 0.717) is 5.95 Å². The third-order valence-corrected chi connectivity index (χ3v) is 3.28. The molecular weight excluding hydrogens is 260 g/mol. The number of hydrogen-bond donors (Lipinski definition) is 1. The summed E-state index contributed by atoms with van der Waals surface area (Å²) in [7, 11) is 0. The maximum atomic E-state index is 4.56. The van der Waals surface area contributed by atoms with E-state index in [0.717, 1.165) is 11.3 Å². The lowest BCUT2D eigenvalue weighted by Gasteiger charge is -2.14. The fourth-order valence-corrected chi connectivity index (χ4v) is 2.13. The van der Waals surface area contributed by atoms with Gasteiger partial charge in [0.05, 0.1) is 11.7 Å². The molecule has 0 bridgehead atoms. The molecule has 3 aromatic rings. The van der Waals surface area contributed by atoms with Crippen molar-refractivity contribution in [3.8, 4) is 11.3 Å². The van der Waals surface area contributed by atoms with Crippen LogP contribution in [0.15, 0.2) is 67.1 Å². The van der Waals surface area contributed by atoms with E-state index in [9.17, 15) is 0 Å². The minimum atomic E-state index is 0.152. The van der Waals surface area contributed by atoms with Crippen molar-refractivity contribution in [2.75, 3.05) is 5.32 Å². The largest absolute Gasteiger partial charge is 0.348 e. The number of aromatic nitrogens is 3. The summed E-state index contributed by atoms with van der Waals surface area (Å²) in [6.07, 6.45) is 5.29. The summed E-state index contributed by atoms with van der Waals surface area (Å²) in [4.78, 5) is 12.9. The summed E-state index contributed by atoms with van der Waals surface area (Å²) in [6.45, 7) is 2.10. The molecule has 21 heavy (non-hydrogen) atoms. The van der Waals surface area contributed by atoms with E-state index in [1.807, 2.05) is 36.4 Å². The Morgan fingerprint density at radius 3 is 2.43 bits per heavy atom. The molecule has 1 unspecified atom stereocenters. The van der Waals surface area contributed by atoms with Crippen LogP contribution < -0.4 is 5.32 Å². The van der Waals surface area contributed by atoms with Gasteiger partial charge in [0, 0.05) is 24.2 Å². The molecule has 0 aliphatic heterocycles. The lowest BCUT2D eigenvalue weighted by Crippen LogP contribution is -2.09. The van der Waals surface area contributed by atoms with Crippen LogP contribution in [0.5, 0.6) is 0 Å². The predicted octanol–water partition coefficient (Wildman–Crippen LogP) is 3.71. The van der Waals surface area contributed by atoms with Crippen LogP contribution in [0.4, 0.5) is 5.95 Å². The molecule has 4 heteroatoms. The zero-order valence-electron chi connectivity index (χ0n) is 11.8. The van der Waals surface area contributed by atoms with E-state index in [-0.39, 0.29) is 6.04 Å². The first-order valence-corrected chi connectivity index (χ1v) is 6.88. The lowest BCUT2D eigenvalue weighted by molar-refractivity contribution is 0.861. The minimum Gasteiger partial charge on any atom is -0.348 e. The van der Waals surface area contributed by atoms with Crippen molar-refractivity contribution < 1.29 is 0 Å². The Morgan fingerprint density at radius 1 is 0.905 bits per heavy atom. The maximum Gasteiger partial charge on any atom is 0.223 e. The molecule has 3 rings (SSSR count). The van der Waals surface area contributed by atoms with E-state index in [2.05, 4.69) is 39.3 Å². The zero-order valence-corrected chi connectivity index (χ0v) is 11.8. The molecule has 0 fully saturated rings.